The van der Waals surface area contributed by atoms with Crippen molar-refractivity contribution < 1.29 is 4.79 Å². The minimum Gasteiger partial charge on any atom is -0.339 e. The second-order valence-corrected chi connectivity index (χ2v) is 7.12. The summed E-state index contributed by atoms with van der Waals surface area (Å²) in [5.74, 6) is 1.75. The highest BCUT2D eigenvalue weighted by Gasteiger charge is 2.31. The molecule has 4 heteroatoms. The van der Waals surface area contributed by atoms with E-state index in [1.54, 1.807) is 0 Å². The molecule has 108 valence electrons. The number of nitrogens with zero attached hydrogens (tertiary/aromatic N) is 1. The summed E-state index contributed by atoms with van der Waals surface area (Å²) in [6, 6.07) is 6.01. The predicted octanol–water partition coefficient (Wildman–Crippen LogP) is 2.67. The van der Waals surface area contributed by atoms with Gasteiger partial charge in [0.05, 0.1) is 0 Å². The van der Waals surface area contributed by atoms with Gasteiger partial charge >= 0.3 is 0 Å². The number of benzene rings is 1. The molecule has 0 spiro atoms. The molecule has 3 rings (SSSR count). The molecule has 1 aromatic rings. The van der Waals surface area contributed by atoms with Crippen LogP contribution in [0, 0.1) is 22.3 Å². The Bertz CT molecular complexity index is 503. The molecule has 2 fully saturated rings. The van der Waals surface area contributed by atoms with E-state index >= 15 is 0 Å². The fourth-order valence-electron chi connectivity index (χ4n) is 3.43. The van der Waals surface area contributed by atoms with Crippen LogP contribution in [-0.2, 0) is 0 Å². The molecular weight excluding hydrogens is 363 g/mol. The third-order valence-electron chi connectivity index (χ3n) is 4.80. The van der Waals surface area contributed by atoms with E-state index in [0.717, 1.165) is 62.0 Å². The maximum atomic E-state index is 12.8. The Morgan fingerprint density at radius 3 is 2.55 bits per heavy atom. The van der Waals surface area contributed by atoms with Crippen LogP contribution in [0.3, 0.4) is 0 Å². The first-order chi connectivity index (χ1) is 9.66. The standard InChI is InChI=1S/C16H21IN2O/c1-11-14(3-2-4-15(11)17)16(20)19-7-5-12-9-18-10-13(12)6-8-19/h2-4,12-13,18H,5-10H2,1H3/t12-,13+. The number of likely N-dealkylation sites (tertiary alicyclic amines) is 1. The molecule has 0 saturated carbocycles. The summed E-state index contributed by atoms with van der Waals surface area (Å²) in [5, 5.41) is 3.48. The molecule has 0 aliphatic carbocycles. The Balaban J connectivity index is 1.75. The molecule has 0 unspecified atom stereocenters. The number of carbonyl (C=O) groups excluding carboxylic acids is 1. The van der Waals surface area contributed by atoms with Crippen LogP contribution < -0.4 is 5.32 Å². The molecule has 0 radical (unpaired) electrons. The second kappa shape index (κ2) is 6.02. The lowest BCUT2D eigenvalue weighted by molar-refractivity contribution is 0.0757. The van der Waals surface area contributed by atoms with Gasteiger partial charge in [-0.25, -0.2) is 0 Å². The zero-order valence-electron chi connectivity index (χ0n) is 11.9. The van der Waals surface area contributed by atoms with Crippen LogP contribution in [0.15, 0.2) is 18.2 Å². The maximum Gasteiger partial charge on any atom is 0.254 e. The Hall–Kier alpha value is -0.620. The zero-order chi connectivity index (χ0) is 14.1. The van der Waals surface area contributed by atoms with Crippen LogP contribution >= 0.6 is 22.6 Å². The Kier molecular flexibility index (Phi) is 4.31. The van der Waals surface area contributed by atoms with E-state index in [9.17, 15) is 4.79 Å². The number of hydrogen-bond acceptors (Lipinski definition) is 2. The summed E-state index contributed by atoms with van der Waals surface area (Å²) >= 11 is 2.30. The zero-order valence-corrected chi connectivity index (χ0v) is 14.0. The lowest BCUT2D eigenvalue weighted by Crippen LogP contribution is -2.33. The van der Waals surface area contributed by atoms with Gasteiger partial charge in [0.15, 0.2) is 0 Å². The largest absolute Gasteiger partial charge is 0.339 e. The van der Waals surface area contributed by atoms with Gasteiger partial charge in [0.25, 0.3) is 5.91 Å². The highest BCUT2D eigenvalue weighted by Crippen LogP contribution is 2.28. The average Bonchev–Trinajstić information content (AvgIpc) is 2.80. The van der Waals surface area contributed by atoms with Crippen LogP contribution in [0.2, 0.25) is 0 Å². The van der Waals surface area contributed by atoms with Crippen molar-refractivity contribution in [3.05, 3.63) is 32.9 Å². The van der Waals surface area contributed by atoms with E-state index in [1.807, 2.05) is 19.1 Å². The van der Waals surface area contributed by atoms with Crippen molar-refractivity contribution in [2.45, 2.75) is 19.8 Å². The molecule has 0 bridgehead atoms. The van der Waals surface area contributed by atoms with Crippen molar-refractivity contribution in [1.82, 2.24) is 10.2 Å². The van der Waals surface area contributed by atoms with Crippen molar-refractivity contribution in [2.75, 3.05) is 26.2 Å². The molecular formula is C16H21IN2O. The Labute approximate surface area is 134 Å². The van der Waals surface area contributed by atoms with Crippen LogP contribution in [-0.4, -0.2) is 37.0 Å². The summed E-state index contributed by atoms with van der Waals surface area (Å²) in [6.45, 7) is 6.13. The van der Waals surface area contributed by atoms with Gasteiger partial charge in [0.1, 0.15) is 0 Å². The van der Waals surface area contributed by atoms with Crippen LogP contribution in [0.25, 0.3) is 0 Å². The second-order valence-electron chi connectivity index (χ2n) is 5.96. The molecule has 2 aliphatic heterocycles. The topological polar surface area (TPSA) is 32.3 Å². The van der Waals surface area contributed by atoms with Crippen molar-refractivity contribution >= 4 is 28.5 Å². The van der Waals surface area contributed by atoms with Crippen molar-refractivity contribution in [3.8, 4) is 0 Å². The molecule has 1 amide bonds. The molecule has 2 saturated heterocycles. The van der Waals surface area contributed by atoms with Gasteiger partial charge in [-0.1, -0.05) is 6.07 Å². The summed E-state index contributed by atoms with van der Waals surface area (Å²) in [4.78, 5) is 14.8. The average molecular weight is 384 g/mol. The Morgan fingerprint density at radius 1 is 1.25 bits per heavy atom. The number of carbonyl (C=O) groups is 1. The van der Waals surface area contributed by atoms with E-state index in [4.69, 9.17) is 0 Å². The first-order valence-corrected chi connectivity index (χ1v) is 8.50. The van der Waals surface area contributed by atoms with E-state index in [2.05, 4.69) is 38.9 Å². The quantitative estimate of drug-likeness (QED) is 0.756. The SMILES string of the molecule is Cc1c(I)cccc1C(=O)N1CC[C@@H]2CNC[C@@H]2CC1. The first-order valence-electron chi connectivity index (χ1n) is 7.42. The highest BCUT2D eigenvalue weighted by molar-refractivity contribution is 14.1. The minimum atomic E-state index is 0.217. The number of amides is 1. The predicted molar refractivity (Wildman–Crippen MR) is 88.9 cm³/mol. The third kappa shape index (κ3) is 2.72. The normalized spacial score (nSPS) is 26.2. The van der Waals surface area contributed by atoms with Crippen LogP contribution in [0.1, 0.15) is 28.8 Å². The molecule has 3 nitrogen and oxygen atoms in total. The number of hydrogen-bond donors (Lipinski definition) is 1. The number of halogens is 1. The van der Waals surface area contributed by atoms with Crippen molar-refractivity contribution in [1.29, 1.82) is 0 Å². The number of nitrogens with one attached hydrogen (secondary N) is 1. The van der Waals surface area contributed by atoms with Gasteiger partial charge < -0.3 is 10.2 Å². The molecule has 2 aliphatic rings. The maximum absolute atomic E-state index is 12.8. The van der Waals surface area contributed by atoms with Gasteiger partial charge in [0.2, 0.25) is 0 Å². The van der Waals surface area contributed by atoms with E-state index < -0.39 is 0 Å². The molecule has 20 heavy (non-hydrogen) atoms. The molecule has 1 aromatic carbocycles. The van der Waals surface area contributed by atoms with Crippen molar-refractivity contribution in [3.63, 3.8) is 0 Å². The fourth-order valence-corrected chi connectivity index (χ4v) is 3.93. The lowest BCUT2D eigenvalue weighted by atomic mass is 9.92. The summed E-state index contributed by atoms with van der Waals surface area (Å²) in [5.41, 5.74) is 1.99. The van der Waals surface area contributed by atoms with Gasteiger partial charge in [-0.05, 0) is 85.0 Å². The molecule has 2 atom stereocenters. The van der Waals surface area contributed by atoms with Crippen LogP contribution in [0.5, 0.6) is 0 Å². The van der Waals surface area contributed by atoms with Crippen molar-refractivity contribution in [2.24, 2.45) is 11.8 Å². The summed E-state index contributed by atoms with van der Waals surface area (Å²) in [6.07, 6.45) is 2.29. The molecule has 2 heterocycles. The number of rotatable bonds is 1. The lowest BCUT2D eigenvalue weighted by Gasteiger charge is -2.22. The summed E-state index contributed by atoms with van der Waals surface area (Å²) < 4.78 is 1.17. The van der Waals surface area contributed by atoms with Gasteiger partial charge in [-0.2, -0.15) is 0 Å². The highest BCUT2D eigenvalue weighted by atomic mass is 127. The monoisotopic (exact) mass is 384 g/mol. The molecule has 0 aromatic heterocycles. The molecule has 1 N–H and O–H groups in total. The first kappa shape index (κ1) is 14.3. The van der Waals surface area contributed by atoms with E-state index in [0.29, 0.717) is 0 Å². The van der Waals surface area contributed by atoms with Gasteiger partial charge in [0, 0.05) is 22.2 Å². The Morgan fingerprint density at radius 2 is 1.90 bits per heavy atom. The minimum absolute atomic E-state index is 0.217. The fraction of sp³-hybridized carbons (Fsp3) is 0.562. The third-order valence-corrected chi connectivity index (χ3v) is 5.97. The van der Waals surface area contributed by atoms with Gasteiger partial charge in [-0.15, -0.1) is 0 Å². The van der Waals surface area contributed by atoms with Crippen LogP contribution in [0.4, 0.5) is 0 Å². The van der Waals surface area contributed by atoms with E-state index in [1.165, 1.54) is 3.57 Å². The van der Waals surface area contributed by atoms with Gasteiger partial charge in [-0.3, -0.25) is 4.79 Å². The van der Waals surface area contributed by atoms with E-state index in [-0.39, 0.29) is 5.91 Å². The number of fused-ring (bicyclic) bond motifs is 1. The summed E-state index contributed by atoms with van der Waals surface area (Å²) in [7, 11) is 0. The smallest absolute Gasteiger partial charge is 0.254 e.